The quantitative estimate of drug-likeness (QED) is 0.386. The Bertz CT molecular complexity index is 892. The molecular weight excluding hydrogens is 478 g/mol. The van der Waals surface area contributed by atoms with Crippen molar-refractivity contribution in [1.29, 1.82) is 0 Å². The van der Waals surface area contributed by atoms with E-state index in [2.05, 4.69) is 124 Å². The molecule has 2 aromatic rings. The molecule has 0 aromatic heterocycles. The van der Waals surface area contributed by atoms with Gasteiger partial charge in [0, 0.05) is 10.4 Å². The second-order valence-corrected chi connectivity index (χ2v) is 14.0. The van der Waals surface area contributed by atoms with E-state index >= 15 is 0 Å². The lowest BCUT2D eigenvalue weighted by Crippen LogP contribution is -2.29. The Hall–Kier alpha value is -1.25. The zero-order valence-electron chi connectivity index (χ0n) is 28.8. The van der Waals surface area contributed by atoms with E-state index < -0.39 is 0 Å². The topological polar surface area (TPSA) is 12.0 Å². The Morgan fingerprint density at radius 3 is 1.37 bits per heavy atom. The van der Waals surface area contributed by atoms with Gasteiger partial charge in [-0.15, -0.1) is 0 Å². The van der Waals surface area contributed by atoms with Crippen molar-refractivity contribution < 1.29 is 0 Å². The summed E-state index contributed by atoms with van der Waals surface area (Å²) < 4.78 is 3.46. The smallest absolute Gasteiger partial charge is 0.0233 e. The molecule has 1 N–H and O–H groups in total. The Morgan fingerprint density at radius 1 is 0.605 bits per heavy atom. The van der Waals surface area contributed by atoms with Crippen LogP contribution in [0.3, 0.4) is 0 Å². The first-order valence-corrected chi connectivity index (χ1v) is 15.9. The Labute approximate surface area is 244 Å². The maximum absolute atomic E-state index is 3.46. The van der Waals surface area contributed by atoms with E-state index in [1.807, 2.05) is 41.5 Å². The molecule has 220 valence electrons. The summed E-state index contributed by atoms with van der Waals surface area (Å²) in [6.07, 6.45) is 2.72. The number of hydrogen-bond donors (Lipinski definition) is 1. The molecule has 2 heteroatoms. The van der Waals surface area contributed by atoms with Gasteiger partial charge in [0.15, 0.2) is 0 Å². The molecule has 1 nitrogen and oxygen atoms in total. The first kappa shape index (κ1) is 38.9. The second-order valence-electron chi connectivity index (χ2n) is 13.1. The minimum absolute atomic E-state index is 0.135. The number of aryl methyl sites for hydroxylation is 2. The molecule has 0 heterocycles. The van der Waals surface area contributed by atoms with E-state index in [1.54, 1.807) is 17.5 Å². The molecule has 1 fully saturated rings. The van der Waals surface area contributed by atoms with E-state index in [0.29, 0.717) is 5.41 Å². The Balaban J connectivity index is 0. The summed E-state index contributed by atoms with van der Waals surface area (Å²) in [6, 6.07) is 13.9. The molecule has 0 aliphatic heterocycles. The molecule has 38 heavy (non-hydrogen) atoms. The largest absolute Gasteiger partial charge is 0.255 e. The number of nitrogens with one attached hydrogen (secondary N) is 1. The van der Waals surface area contributed by atoms with E-state index in [0.717, 1.165) is 0 Å². The van der Waals surface area contributed by atoms with Crippen LogP contribution in [0.15, 0.2) is 41.3 Å². The van der Waals surface area contributed by atoms with Gasteiger partial charge < -0.3 is 0 Å². The summed E-state index contributed by atoms with van der Waals surface area (Å²) in [4.78, 5) is 1.30. The summed E-state index contributed by atoms with van der Waals surface area (Å²) in [5.74, 6) is 0. The lowest BCUT2D eigenvalue weighted by molar-refractivity contribution is 0.535. The first-order chi connectivity index (χ1) is 17.4. The van der Waals surface area contributed by atoms with E-state index in [4.69, 9.17) is 0 Å². The predicted molar refractivity (Wildman–Crippen MR) is 179 cm³/mol. The van der Waals surface area contributed by atoms with Gasteiger partial charge in [-0.1, -0.05) is 120 Å². The number of hydrogen-bond acceptors (Lipinski definition) is 2. The molecule has 1 aliphatic rings. The molecule has 0 radical (unpaired) electrons. The van der Waals surface area contributed by atoms with Crippen LogP contribution in [0.5, 0.6) is 0 Å². The lowest BCUT2D eigenvalue weighted by atomic mass is 9.83. The second kappa shape index (κ2) is 16.8. The van der Waals surface area contributed by atoms with Crippen molar-refractivity contribution in [3.05, 3.63) is 64.2 Å². The summed E-state index contributed by atoms with van der Waals surface area (Å²) in [7, 11) is 0. The van der Waals surface area contributed by atoms with Gasteiger partial charge in [-0.05, 0) is 110 Å². The zero-order valence-corrected chi connectivity index (χ0v) is 29.6. The first-order valence-electron chi connectivity index (χ1n) is 15.1. The minimum Gasteiger partial charge on any atom is -0.255 e. The standard InChI is InChI=1S/C15H25NS.C15H22.3C2H6/c1-11-8-12(14(2,3)4)10-13(9-11)17-16-15(5,6)7;1-11-8-12(14(2,3)4)10-13(9-11)15(5)6-7-15;3*1-2/h8-10,16H,1-7H3;8-10H,6-7H2,1-5H3;3*1-2H3. The maximum atomic E-state index is 3.46. The van der Waals surface area contributed by atoms with Crippen LogP contribution >= 0.6 is 11.9 Å². The minimum atomic E-state index is 0.135. The predicted octanol–water partition coefficient (Wildman–Crippen LogP) is 12.1. The molecule has 0 atom stereocenters. The van der Waals surface area contributed by atoms with Crippen LogP contribution in [0, 0.1) is 13.8 Å². The molecule has 0 saturated heterocycles. The lowest BCUT2D eigenvalue weighted by Gasteiger charge is -2.23. The van der Waals surface area contributed by atoms with E-state index in [1.165, 1.54) is 40.0 Å². The van der Waals surface area contributed by atoms with Crippen LogP contribution in [0.1, 0.15) is 151 Å². The monoisotopic (exact) mass is 543 g/mol. The number of benzene rings is 2. The molecular formula is C36H65NS. The van der Waals surface area contributed by atoms with Crippen molar-refractivity contribution in [3.8, 4) is 0 Å². The van der Waals surface area contributed by atoms with E-state index in [9.17, 15) is 0 Å². The highest BCUT2D eigenvalue weighted by Crippen LogP contribution is 2.48. The number of rotatable bonds is 3. The fourth-order valence-electron chi connectivity index (χ4n) is 3.49. The van der Waals surface area contributed by atoms with Crippen molar-refractivity contribution in [3.63, 3.8) is 0 Å². The van der Waals surface area contributed by atoms with Crippen LogP contribution in [0.25, 0.3) is 0 Å². The third kappa shape index (κ3) is 14.8. The summed E-state index contributed by atoms with van der Waals surface area (Å²) in [5.41, 5.74) is 8.27. The van der Waals surface area contributed by atoms with Crippen LogP contribution in [0.4, 0.5) is 0 Å². The van der Waals surface area contributed by atoms with Gasteiger partial charge in [0.1, 0.15) is 0 Å². The van der Waals surface area contributed by atoms with Crippen LogP contribution in [-0.4, -0.2) is 5.54 Å². The molecule has 0 amide bonds. The molecule has 1 aliphatic carbocycles. The van der Waals surface area contributed by atoms with Gasteiger partial charge >= 0.3 is 0 Å². The highest BCUT2D eigenvalue weighted by Gasteiger charge is 2.39. The maximum Gasteiger partial charge on any atom is 0.0233 e. The molecule has 3 rings (SSSR count). The van der Waals surface area contributed by atoms with E-state index in [-0.39, 0.29) is 16.4 Å². The molecule has 1 saturated carbocycles. The van der Waals surface area contributed by atoms with Crippen LogP contribution < -0.4 is 4.72 Å². The third-order valence-electron chi connectivity index (χ3n) is 6.03. The van der Waals surface area contributed by atoms with Gasteiger partial charge in [-0.25, -0.2) is 0 Å². The third-order valence-corrected chi connectivity index (χ3v) is 7.22. The van der Waals surface area contributed by atoms with Crippen molar-refractivity contribution in [2.75, 3.05) is 0 Å². The van der Waals surface area contributed by atoms with Gasteiger partial charge in [-0.2, -0.15) is 0 Å². The average molecular weight is 544 g/mol. The fraction of sp³-hybridized carbons (Fsp3) is 0.667. The Morgan fingerprint density at radius 2 is 1.00 bits per heavy atom. The van der Waals surface area contributed by atoms with Gasteiger partial charge in [-0.3, -0.25) is 4.72 Å². The molecule has 2 aromatic carbocycles. The van der Waals surface area contributed by atoms with Crippen molar-refractivity contribution in [2.45, 2.75) is 164 Å². The molecule has 0 bridgehead atoms. The normalized spacial score (nSPS) is 13.7. The van der Waals surface area contributed by atoms with Crippen LogP contribution in [-0.2, 0) is 16.2 Å². The average Bonchev–Trinajstić information content (AvgIpc) is 3.58. The van der Waals surface area contributed by atoms with Crippen molar-refractivity contribution >= 4 is 11.9 Å². The fourth-order valence-corrected chi connectivity index (χ4v) is 4.35. The highest BCUT2D eigenvalue weighted by atomic mass is 32.2. The summed E-state index contributed by atoms with van der Waals surface area (Å²) in [5, 5.41) is 0. The summed E-state index contributed by atoms with van der Waals surface area (Å²) >= 11 is 1.72. The Kier molecular flexibility index (Phi) is 17.2. The molecule has 0 spiro atoms. The summed E-state index contributed by atoms with van der Waals surface area (Å²) in [6.45, 7) is 39.0. The highest BCUT2D eigenvalue weighted by molar-refractivity contribution is 7.97. The van der Waals surface area contributed by atoms with Gasteiger partial charge in [0.05, 0.1) is 0 Å². The van der Waals surface area contributed by atoms with Gasteiger partial charge in [0.2, 0.25) is 0 Å². The van der Waals surface area contributed by atoms with Crippen molar-refractivity contribution in [2.24, 2.45) is 0 Å². The molecule has 0 unspecified atom stereocenters. The van der Waals surface area contributed by atoms with Crippen LogP contribution in [0.2, 0.25) is 0 Å². The zero-order chi connectivity index (χ0) is 30.5. The van der Waals surface area contributed by atoms with Crippen molar-refractivity contribution in [1.82, 2.24) is 4.72 Å². The van der Waals surface area contributed by atoms with Gasteiger partial charge in [0.25, 0.3) is 0 Å². The SMILES string of the molecule is CC.CC.CC.Cc1cc(C(C)(C)C)cc(C2(C)CC2)c1.Cc1cc(SNC(C)(C)C)cc(C(C)(C)C)c1.